The lowest BCUT2D eigenvalue weighted by Crippen LogP contribution is -2.38. The molecule has 0 saturated heterocycles. The van der Waals surface area contributed by atoms with Crippen LogP contribution in [0.3, 0.4) is 0 Å². The number of aromatic nitrogens is 2. The fraction of sp³-hybridized carbons (Fsp3) is 0.412. The molecule has 2 unspecified atom stereocenters. The van der Waals surface area contributed by atoms with Gasteiger partial charge in [-0.3, -0.25) is 4.68 Å². The van der Waals surface area contributed by atoms with Crippen LogP contribution in [0.4, 0.5) is 4.79 Å². The standard InChI is InChI=1S/C17H24N4O/c1-11(15-9-7-6-8-10-15)18-17(22)19-12(2)16-13(3)20-21(5)14(16)4/h6-12H,1-5H3,(H2,18,19,22). The van der Waals surface area contributed by atoms with Crippen LogP contribution in [-0.2, 0) is 7.05 Å². The zero-order valence-corrected chi connectivity index (χ0v) is 13.8. The van der Waals surface area contributed by atoms with Crippen molar-refractivity contribution in [2.75, 3.05) is 0 Å². The predicted molar refractivity (Wildman–Crippen MR) is 87.6 cm³/mol. The number of rotatable bonds is 4. The van der Waals surface area contributed by atoms with Crippen LogP contribution >= 0.6 is 0 Å². The molecule has 0 saturated carbocycles. The number of nitrogens with zero attached hydrogens (tertiary/aromatic N) is 2. The van der Waals surface area contributed by atoms with Gasteiger partial charge >= 0.3 is 6.03 Å². The topological polar surface area (TPSA) is 59.0 Å². The van der Waals surface area contributed by atoms with Crippen LogP contribution < -0.4 is 10.6 Å². The number of carbonyl (C=O) groups is 1. The lowest BCUT2D eigenvalue weighted by atomic mass is 10.1. The highest BCUT2D eigenvalue weighted by Crippen LogP contribution is 2.20. The molecule has 2 atom stereocenters. The first-order valence-electron chi connectivity index (χ1n) is 7.52. The van der Waals surface area contributed by atoms with E-state index in [0.29, 0.717) is 0 Å². The average Bonchev–Trinajstić information content (AvgIpc) is 2.72. The highest BCUT2D eigenvalue weighted by Gasteiger charge is 2.18. The van der Waals surface area contributed by atoms with Crippen LogP contribution in [0.25, 0.3) is 0 Å². The van der Waals surface area contributed by atoms with Gasteiger partial charge < -0.3 is 10.6 Å². The molecule has 22 heavy (non-hydrogen) atoms. The third-order valence-electron chi connectivity index (χ3n) is 3.99. The highest BCUT2D eigenvalue weighted by molar-refractivity contribution is 5.75. The first-order chi connectivity index (χ1) is 10.4. The molecule has 2 aromatic rings. The van der Waals surface area contributed by atoms with Gasteiger partial charge in [-0.1, -0.05) is 30.3 Å². The van der Waals surface area contributed by atoms with Crippen molar-refractivity contribution in [1.29, 1.82) is 0 Å². The Labute approximate surface area is 131 Å². The minimum Gasteiger partial charge on any atom is -0.332 e. The molecular formula is C17H24N4O. The van der Waals surface area contributed by atoms with E-state index < -0.39 is 0 Å². The van der Waals surface area contributed by atoms with Gasteiger partial charge in [-0.15, -0.1) is 0 Å². The van der Waals surface area contributed by atoms with E-state index in [1.807, 2.05) is 69.8 Å². The van der Waals surface area contributed by atoms with Gasteiger partial charge in [0.15, 0.2) is 0 Å². The second-order valence-corrected chi connectivity index (χ2v) is 5.68. The van der Waals surface area contributed by atoms with E-state index in [4.69, 9.17) is 0 Å². The summed E-state index contributed by atoms with van der Waals surface area (Å²) in [6.07, 6.45) is 0. The van der Waals surface area contributed by atoms with Crippen molar-refractivity contribution in [3.05, 3.63) is 52.8 Å². The van der Waals surface area contributed by atoms with E-state index in [-0.39, 0.29) is 18.1 Å². The van der Waals surface area contributed by atoms with Crippen LogP contribution in [-0.4, -0.2) is 15.8 Å². The SMILES string of the molecule is Cc1nn(C)c(C)c1C(C)NC(=O)NC(C)c1ccccc1. The molecule has 0 aliphatic rings. The van der Waals surface area contributed by atoms with Gasteiger partial charge in [0.25, 0.3) is 0 Å². The third-order valence-corrected chi connectivity index (χ3v) is 3.99. The van der Waals surface area contributed by atoms with E-state index in [1.54, 1.807) is 0 Å². The lowest BCUT2D eigenvalue weighted by molar-refractivity contribution is 0.235. The summed E-state index contributed by atoms with van der Waals surface area (Å²) in [4.78, 5) is 12.2. The summed E-state index contributed by atoms with van der Waals surface area (Å²) in [5, 5.41) is 10.3. The first-order valence-corrected chi connectivity index (χ1v) is 7.52. The monoisotopic (exact) mass is 300 g/mol. The average molecular weight is 300 g/mol. The van der Waals surface area contributed by atoms with Crippen LogP contribution in [0.5, 0.6) is 0 Å². The summed E-state index contributed by atoms with van der Waals surface area (Å²) in [5.74, 6) is 0. The summed E-state index contributed by atoms with van der Waals surface area (Å²) in [7, 11) is 1.91. The lowest BCUT2D eigenvalue weighted by Gasteiger charge is -2.19. The maximum absolute atomic E-state index is 12.2. The Morgan fingerprint density at radius 3 is 2.23 bits per heavy atom. The number of hydrogen-bond donors (Lipinski definition) is 2. The quantitative estimate of drug-likeness (QED) is 0.911. The second kappa shape index (κ2) is 6.64. The molecule has 1 aromatic heterocycles. The molecule has 1 heterocycles. The number of amides is 2. The van der Waals surface area contributed by atoms with Gasteiger partial charge in [-0.25, -0.2) is 4.79 Å². The van der Waals surface area contributed by atoms with Crippen molar-refractivity contribution < 1.29 is 4.79 Å². The Kier molecular flexibility index (Phi) is 4.85. The van der Waals surface area contributed by atoms with Crippen molar-refractivity contribution in [3.8, 4) is 0 Å². The highest BCUT2D eigenvalue weighted by atomic mass is 16.2. The largest absolute Gasteiger partial charge is 0.332 e. The first kappa shape index (κ1) is 16.1. The fourth-order valence-electron chi connectivity index (χ4n) is 2.75. The number of nitrogens with one attached hydrogen (secondary N) is 2. The fourth-order valence-corrected chi connectivity index (χ4v) is 2.75. The number of hydrogen-bond acceptors (Lipinski definition) is 2. The maximum atomic E-state index is 12.2. The van der Waals surface area contributed by atoms with E-state index in [2.05, 4.69) is 15.7 Å². The molecule has 0 bridgehead atoms. The predicted octanol–water partition coefficient (Wildman–Crippen LogP) is 3.16. The van der Waals surface area contributed by atoms with Crippen molar-refractivity contribution in [3.63, 3.8) is 0 Å². The molecule has 118 valence electrons. The molecule has 2 rings (SSSR count). The summed E-state index contributed by atoms with van der Waals surface area (Å²) in [5.41, 5.74) is 4.18. The zero-order chi connectivity index (χ0) is 16.3. The Hall–Kier alpha value is -2.30. The Morgan fingerprint density at radius 1 is 1.09 bits per heavy atom. The van der Waals surface area contributed by atoms with E-state index in [0.717, 1.165) is 22.5 Å². The van der Waals surface area contributed by atoms with Gasteiger partial charge in [0.1, 0.15) is 0 Å². The van der Waals surface area contributed by atoms with Crippen LogP contribution in [0, 0.1) is 13.8 Å². The van der Waals surface area contributed by atoms with Gasteiger partial charge in [-0.05, 0) is 33.3 Å². The van der Waals surface area contributed by atoms with Crippen molar-refractivity contribution in [2.24, 2.45) is 7.05 Å². The van der Waals surface area contributed by atoms with Gasteiger partial charge in [0, 0.05) is 18.3 Å². The normalized spacial score (nSPS) is 13.5. The molecule has 2 amide bonds. The van der Waals surface area contributed by atoms with Crippen LogP contribution in [0.2, 0.25) is 0 Å². The van der Waals surface area contributed by atoms with E-state index in [9.17, 15) is 4.79 Å². The van der Waals surface area contributed by atoms with Crippen molar-refractivity contribution in [1.82, 2.24) is 20.4 Å². The summed E-state index contributed by atoms with van der Waals surface area (Å²) in [6.45, 7) is 7.92. The van der Waals surface area contributed by atoms with Gasteiger partial charge in [-0.2, -0.15) is 5.10 Å². The Balaban J connectivity index is 2.00. The molecule has 0 radical (unpaired) electrons. The molecule has 0 spiro atoms. The smallest absolute Gasteiger partial charge is 0.315 e. The number of urea groups is 1. The summed E-state index contributed by atoms with van der Waals surface area (Å²) >= 11 is 0. The molecular weight excluding hydrogens is 276 g/mol. The number of aryl methyl sites for hydroxylation is 2. The Morgan fingerprint density at radius 2 is 1.68 bits per heavy atom. The molecule has 0 fully saturated rings. The zero-order valence-electron chi connectivity index (χ0n) is 13.8. The molecule has 5 heteroatoms. The maximum Gasteiger partial charge on any atom is 0.315 e. The van der Waals surface area contributed by atoms with Crippen LogP contribution in [0.15, 0.2) is 30.3 Å². The number of benzene rings is 1. The Bertz CT molecular complexity index is 648. The third kappa shape index (κ3) is 3.47. The summed E-state index contributed by atoms with van der Waals surface area (Å²) < 4.78 is 1.84. The van der Waals surface area contributed by atoms with Gasteiger partial charge in [0.2, 0.25) is 0 Å². The minimum absolute atomic E-state index is 0.0375. The molecule has 0 aliphatic carbocycles. The van der Waals surface area contributed by atoms with E-state index in [1.165, 1.54) is 0 Å². The van der Waals surface area contributed by atoms with Crippen molar-refractivity contribution >= 4 is 6.03 Å². The number of carbonyl (C=O) groups excluding carboxylic acids is 1. The van der Waals surface area contributed by atoms with E-state index >= 15 is 0 Å². The molecule has 0 aliphatic heterocycles. The summed E-state index contributed by atoms with van der Waals surface area (Å²) in [6, 6.07) is 9.61. The van der Waals surface area contributed by atoms with Gasteiger partial charge in [0.05, 0.1) is 17.8 Å². The van der Waals surface area contributed by atoms with Crippen LogP contribution in [0.1, 0.15) is 48.4 Å². The minimum atomic E-state index is -0.175. The second-order valence-electron chi connectivity index (χ2n) is 5.68. The van der Waals surface area contributed by atoms with Crippen molar-refractivity contribution in [2.45, 2.75) is 39.8 Å². The molecule has 5 nitrogen and oxygen atoms in total. The molecule has 1 aromatic carbocycles. The molecule has 2 N–H and O–H groups in total.